The molecule has 1 aromatic carbocycles. The minimum Gasteiger partial charge on any atom is -0.324 e. The number of aromatic nitrogens is 5. The van der Waals surface area contributed by atoms with Gasteiger partial charge in [-0.3, -0.25) is 14.2 Å². The van der Waals surface area contributed by atoms with Crippen LogP contribution in [-0.4, -0.2) is 37.5 Å². The Balaban J connectivity index is 1.42. The number of benzene rings is 1. The largest absolute Gasteiger partial charge is 0.324 e. The summed E-state index contributed by atoms with van der Waals surface area (Å²) in [5.74, 6) is 0.411. The fourth-order valence-corrected chi connectivity index (χ4v) is 5.31. The van der Waals surface area contributed by atoms with Gasteiger partial charge < -0.3 is 10.6 Å². The molecule has 1 aliphatic heterocycles. The molecule has 9 heteroatoms. The van der Waals surface area contributed by atoms with Gasteiger partial charge in [-0.05, 0) is 82.0 Å². The topological polar surface area (TPSA) is 89.7 Å². The Morgan fingerprint density at radius 3 is 2.75 bits per heavy atom. The molecule has 1 aliphatic carbocycles. The molecular formula is C27H30FN7O. The lowest BCUT2D eigenvalue weighted by molar-refractivity contribution is 0.382. The maximum atomic E-state index is 13.7. The van der Waals surface area contributed by atoms with Gasteiger partial charge in [0, 0.05) is 35.6 Å². The van der Waals surface area contributed by atoms with Gasteiger partial charge in [-0.2, -0.15) is 4.98 Å². The summed E-state index contributed by atoms with van der Waals surface area (Å²) in [6.45, 7) is 7.25. The first-order valence-corrected chi connectivity index (χ1v) is 12.5. The highest BCUT2D eigenvalue weighted by Crippen LogP contribution is 2.47. The number of hydrogen-bond donors (Lipinski definition) is 2. The van der Waals surface area contributed by atoms with Gasteiger partial charge in [0.1, 0.15) is 12.1 Å². The van der Waals surface area contributed by atoms with Crippen LogP contribution in [-0.2, 0) is 23.9 Å². The van der Waals surface area contributed by atoms with Gasteiger partial charge in [0.05, 0.1) is 11.4 Å². The van der Waals surface area contributed by atoms with E-state index in [0.717, 1.165) is 42.9 Å². The number of alkyl halides is 1. The molecule has 36 heavy (non-hydrogen) atoms. The van der Waals surface area contributed by atoms with Crippen LogP contribution in [0.2, 0.25) is 0 Å². The molecule has 0 amide bonds. The Morgan fingerprint density at radius 2 is 2.00 bits per heavy atom. The number of nitrogens with one attached hydrogen (secondary N) is 2. The van der Waals surface area contributed by atoms with Crippen molar-refractivity contribution in [2.45, 2.75) is 57.5 Å². The van der Waals surface area contributed by atoms with E-state index in [9.17, 15) is 9.18 Å². The molecule has 3 aromatic heterocycles. The summed E-state index contributed by atoms with van der Waals surface area (Å²) in [7, 11) is 0. The van der Waals surface area contributed by atoms with Crippen LogP contribution in [0.1, 0.15) is 50.4 Å². The van der Waals surface area contributed by atoms with Crippen molar-refractivity contribution in [2.24, 2.45) is 0 Å². The highest BCUT2D eigenvalue weighted by atomic mass is 19.1. The average molecular weight is 488 g/mol. The quantitative estimate of drug-likeness (QED) is 0.425. The molecule has 2 N–H and O–H groups in total. The summed E-state index contributed by atoms with van der Waals surface area (Å²) in [4.78, 5) is 26.8. The molecule has 186 valence electrons. The Hall–Kier alpha value is -3.59. The molecule has 0 radical (unpaired) electrons. The first-order chi connectivity index (χ1) is 17.3. The second kappa shape index (κ2) is 8.23. The Morgan fingerprint density at radius 1 is 1.17 bits per heavy atom. The van der Waals surface area contributed by atoms with E-state index in [4.69, 9.17) is 4.98 Å². The summed E-state index contributed by atoms with van der Waals surface area (Å²) in [6, 6.07) is 10.0. The second-order valence-electron chi connectivity index (χ2n) is 10.4. The van der Waals surface area contributed by atoms with Crippen molar-refractivity contribution < 1.29 is 4.39 Å². The molecule has 8 nitrogen and oxygen atoms in total. The first-order valence-electron chi connectivity index (χ1n) is 12.5. The number of fused-ring (bicyclic) bond motifs is 2. The lowest BCUT2D eigenvalue weighted by Crippen LogP contribution is -2.42. The van der Waals surface area contributed by atoms with Gasteiger partial charge in [0.2, 0.25) is 5.95 Å². The van der Waals surface area contributed by atoms with E-state index >= 15 is 0 Å². The van der Waals surface area contributed by atoms with Gasteiger partial charge >= 0.3 is 0 Å². The van der Waals surface area contributed by atoms with Crippen LogP contribution in [0.15, 0.2) is 47.5 Å². The zero-order chi connectivity index (χ0) is 25.1. The van der Waals surface area contributed by atoms with Crippen molar-refractivity contribution in [1.29, 1.82) is 0 Å². The summed E-state index contributed by atoms with van der Waals surface area (Å²) in [6.07, 6.45) is 5.79. The van der Waals surface area contributed by atoms with Gasteiger partial charge in [0.25, 0.3) is 5.56 Å². The number of rotatable bonds is 6. The standard InChI is InChI=1S/C27H30FN7O/c1-4-34-24(36)20-15-30-25(32-18-5-6-21-17(13-18)7-12-31-26(21,2)3)33-23(20)35(34)19-8-11-29-22(14-19)27(16-28)9-10-27/h5-6,8,11,13-15,31H,4,7,9-10,12,16H2,1-3H3,(H,30,32,33). The lowest BCUT2D eigenvalue weighted by Gasteiger charge is -2.34. The molecule has 2 aliphatic rings. The molecular weight excluding hydrogens is 457 g/mol. The van der Waals surface area contributed by atoms with Crippen LogP contribution >= 0.6 is 0 Å². The fourth-order valence-electron chi connectivity index (χ4n) is 5.31. The first kappa shape index (κ1) is 22.8. The van der Waals surface area contributed by atoms with E-state index in [1.54, 1.807) is 21.8 Å². The molecule has 0 spiro atoms. The van der Waals surface area contributed by atoms with E-state index in [-0.39, 0.29) is 11.1 Å². The smallest absolute Gasteiger partial charge is 0.278 e. The highest BCUT2D eigenvalue weighted by molar-refractivity contribution is 5.77. The van der Waals surface area contributed by atoms with E-state index in [2.05, 4.69) is 46.6 Å². The maximum Gasteiger partial charge on any atom is 0.278 e. The molecule has 0 unspecified atom stereocenters. The van der Waals surface area contributed by atoms with Crippen molar-refractivity contribution >= 4 is 22.7 Å². The minimum absolute atomic E-state index is 0.0642. The van der Waals surface area contributed by atoms with Crippen molar-refractivity contribution in [3.05, 3.63) is 69.9 Å². The number of hydrogen-bond acceptors (Lipinski definition) is 6. The normalized spacial score (nSPS) is 17.7. The van der Waals surface area contributed by atoms with E-state index in [0.29, 0.717) is 23.5 Å². The van der Waals surface area contributed by atoms with Gasteiger partial charge in [-0.25, -0.2) is 14.3 Å². The van der Waals surface area contributed by atoms with Crippen molar-refractivity contribution in [3.8, 4) is 5.69 Å². The SMILES string of the molecule is CCn1c(=O)c2cnc(Nc3ccc4c(c3)CCNC4(C)C)nc2n1-c1ccnc(C2(CF)CC2)c1. The minimum atomic E-state index is -0.492. The number of anilines is 2. The fraction of sp³-hybridized carbons (Fsp3) is 0.407. The summed E-state index contributed by atoms with van der Waals surface area (Å²) in [5, 5.41) is 7.31. The third-order valence-corrected chi connectivity index (χ3v) is 7.61. The predicted molar refractivity (Wildman–Crippen MR) is 138 cm³/mol. The van der Waals surface area contributed by atoms with E-state index < -0.39 is 12.1 Å². The van der Waals surface area contributed by atoms with Crippen molar-refractivity contribution in [1.82, 2.24) is 29.6 Å². The number of halogens is 1. The van der Waals surface area contributed by atoms with E-state index in [1.165, 1.54) is 11.1 Å². The molecule has 6 rings (SSSR count). The van der Waals surface area contributed by atoms with Crippen LogP contribution in [0, 0.1) is 0 Å². The Bertz CT molecular complexity index is 1530. The number of pyridine rings is 1. The zero-order valence-electron chi connectivity index (χ0n) is 20.8. The van der Waals surface area contributed by atoms with Gasteiger partial charge in [-0.15, -0.1) is 0 Å². The Labute approximate surface area is 208 Å². The summed E-state index contributed by atoms with van der Waals surface area (Å²) >= 11 is 0. The molecule has 4 aromatic rings. The monoisotopic (exact) mass is 487 g/mol. The third kappa shape index (κ3) is 3.61. The molecule has 1 fully saturated rings. The van der Waals surface area contributed by atoms with Crippen LogP contribution in [0.25, 0.3) is 16.7 Å². The van der Waals surface area contributed by atoms with Crippen molar-refractivity contribution in [2.75, 3.05) is 18.5 Å². The second-order valence-corrected chi connectivity index (χ2v) is 10.4. The van der Waals surface area contributed by atoms with Crippen LogP contribution in [0.4, 0.5) is 16.0 Å². The van der Waals surface area contributed by atoms with E-state index in [1.807, 2.05) is 25.1 Å². The van der Waals surface area contributed by atoms with Gasteiger partial charge in [-0.1, -0.05) is 6.07 Å². The predicted octanol–water partition coefficient (Wildman–Crippen LogP) is 4.12. The number of nitrogens with zero attached hydrogens (tertiary/aromatic N) is 5. The van der Waals surface area contributed by atoms with Crippen LogP contribution in [0.5, 0.6) is 0 Å². The highest BCUT2D eigenvalue weighted by Gasteiger charge is 2.46. The van der Waals surface area contributed by atoms with Crippen LogP contribution < -0.4 is 16.2 Å². The van der Waals surface area contributed by atoms with Crippen LogP contribution in [0.3, 0.4) is 0 Å². The van der Waals surface area contributed by atoms with Gasteiger partial charge in [0.15, 0.2) is 5.65 Å². The molecule has 1 saturated carbocycles. The molecule has 4 heterocycles. The summed E-state index contributed by atoms with van der Waals surface area (Å²) < 4.78 is 17.2. The zero-order valence-corrected chi connectivity index (χ0v) is 20.8. The average Bonchev–Trinajstić information content (AvgIpc) is 3.63. The molecule has 0 atom stereocenters. The van der Waals surface area contributed by atoms with Crippen molar-refractivity contribution in [3.63, 3.8) is 0 Å². The Kier molecular flexibility index (Phi) is 5.22. The maximum absolute atomic E-state index is 13.7. The molecule has 0 bridgehead atoms. The third-order valence-electron chi connectivity index (χ3n) is 7.61. The molecule has 0 saturated heterocycles. The lowest BCUT2D eigenvalue weighted by atomic mass is 9.85. The summed E-state index contributed by atoms with van der Waals surface area (Å²) in [5.41, 5.74) is 4.74.